The predicted octanol–water partition coefficient (Wildman–Crippen LogP) is 17.2. The van der Waals surface area contributed by atoms with E-state index in [2.05, 4.69) is 241 Å². The zero-order valence-electron chi connectivity index (χ0n) is 36.5. The van der Waals surface area contributed by atoms with Crippen molar-refractivity contribution in [3.05, 3.63) is 218 Å². The number of hydrogen-bond donors (Lipinski definition) is 0. The molecule has 5 aromatic rings. The molecule has 1 aliphatic rings. The van der Waals surface area contributed by atoms with Gasteiger partial charge in [-0.15, -0.1) is 0 Å². The summed E-state index contributed by atoms with van der Waals surface area (Å²) in [6.45, 7) is 23.6. The number of unbranched alkanes of at least 4 members (excludes halogenated alkanes) is 1. The summed E-state index contributed by atoms with van der Waals surface area (Å²) in [5.41, 5.74) is 11.2. The van der Waals surface area contributed by atoms with Crippen LogP contribution in [0, 0.1) is 11.3 Å². The normalized spacial score (nSPS) is 15.4. The molecule has 0 fully saturated rings. The molecule has 2 heteroatoms. The minimum absolute atomic E-state index is 0.112. The molecule has 0 bridgehead atoms. The Morgan fingerprint density at radius 3 is 1.85 bits per heavy atom. The molecule has 5 aromatic carbocycles. The van der Waals surface area contributed by atoms with Gasteiger partial charge < -0.3 is 9.80 Å². The first kappa shape index (κ1) is 44.0. The van der Waals surface area contributed by atoms with Crippen molar-refractivity contribution in [1.29, 1.82) is 0 Å². The highest BCUT2D eigenvalue weighted by Gasteiger charge is 2.30. The lowest BCUT2D eigenvalue weighted by Crippen LogP contribution is -2.27. The van der Waals surface area contributed by atoms with Crippen LogP contribution in [0.25, 0.3) is 21.9 Å². The molecule has 0 N–H and O–H groups in total. The zero-order chi connectivity index (χ0) is 42.2. The van der Waals surface area contributed by atoms with Gasteiger partial charge in [0.05, 0.1) is 5.70 Å². The zero-order valence-corrected chi connectivity index (χ0v) is 36.5. The van der Waals surface area contributed by atoms with Gasteiger partial charge in [0.2, 0.25) is 0 Å². The molecule has 0 aliphatic heterocycles. The molecular weight excluding hydrogens is 713 g/mol. The molecule has 0 saturated heterocycles. The van der Waals surface area contributed by atoms with Gasteiger partial charge in [-0.25, -0.2) is 0 Å². The Balaban J connectivity index is 0.00000158. The molecule has 0 spiro atoms. The maximum atomic E-state index is 4.38. The number of anilines is 4. The highest BCUT2D eigenvalue weighted by atomic mass is 15.2. The SMILES string of the molecule is C=C\C=C/C(C(=C)C)=C(/C=C\C)N(C1=CCC(C(C)(C=CC)CC)C=C1)c1ccc(-c2ccc(N(c3ccccc3)c3ccc4ccccc4c3)cc2)cc1.CCCC. The standard InChI is InChI=1S/C53H54N2.C4H10/c1-8-12-23-51(40(5)6)52(18-9-2)55(49-36-29-45(30-37-49)53(7,11-4)38-10-3)48-33-26-43(27-34-48)42-24-31-47(32-25-42)54(46-21-14-13-15-22-46)50-35-28-41-19-16-17-20-44(41)39-50;1-3-4-2/h8-10,12-29,31-39,45H,1,5,11,30H2,2-4,6-7H3;3-4H2,1-2H3/b18-9-,23-12-,38-10?,52-51+;. The molecule has 2 unspecified atom stereocenters. The summed E-state index contributed by atoms with van der Waals surface area (Å²) in [4.78, 5) is 4.70. The Hall–Kier alpha value is -6.12. The molecule has 0 aromatic heterocycles. The third kappa shape index (κ3) is 10.9. The van der Waals surface area contributed by atoms with E-state index in [0.29, 0.717) is 5.92 Å². The Morgan fingerprint density at radius 2 is 1.31 bits per heavy atom. The summed E-state index contributed by atoms with van der Waals surface area (Å²) in [5.74, 6) is 0.430. The third-order valence-electron chi connectivity index (χ3n) is 11.3. The van der Waals surface area contributed by atoms with Crippen molar-refractivity contribution in [2.75, 3.05) is 9.80 Å². The molecule has 0 amide bonds. The lowest BCUT2D eigenvalue weighted by molar-refractivity contribution is 0.295. The Labute approximate surface area is 356 Å². The lowest BCUT2D eigenvalue weighted by Gasteiger charge is -2.36. The van der Waals surface area contributed by atoms with Gasteiger partial charge in [0.25, 0.3) is 0 Å². The largest absolute Gasteiger partial charge is 0.310 e. The van der Waals surface area contributed by atoms with Crippen molar-refractivity contribution < 1.29 is 0 Å². The van der Waals surface area contributed by atoms with Crippen LogP contribution in [0.4, 0.5) is 22.7 Å². The van der Waals surface area contributed by atoms with E-state index >= 15 is 0 Å². The number of rotatable bonds is 15. The van der Waals surface area contributed by atoms with E-state index < -0.39 is 0 Å². The third-order valence-corrected chi connectivity index (χ3v) is 11.3. The van der Waals surface area contributed by atoms with Gasteiger partial charge in [-0.3, -0.25) is 0 Å². The van der Waals surface area contributed by atoms with Crippen LogP contribution in [0.5, 0.6) is 0 Å². The number of benzene rings is 5. The maximum Gasteiger partial charge on any atom is 0.0533 e. The number of para-hydroxylation sites is 1. The predicted molar refractivity (Wildman–Crippen MR) is 262 cm³/mol. The van der Waals surface area contributed by atoms with Gasteiger partial charge in [-0.2, -0.15) is 0 Å². The molecule has 59 heavy (non-hydrogen) atoms. The van der Waals surface area contributed by atoms with Crippen molar-refractivity contribution in [3.63, 3.8) is 0 Å². The summed E-state index contributed by atoms with van der Waals surface area (Å²) in [5, 5.41) is 2.46. The van der Waals surface area contributed by atoms with E-state index in [-0.39, 0.29) is 5.41 Å². The minimum Gasteiger partial charge on any atom is -0.310 e. The van der Waals surface area contributed by atoms with Crippen LogP contribution in [-0.2, 0) is 0 Å². The van der Waals surface area contributed by atoms with E-state index in [1.54, 1.807) is 0 Å². The number of fused-ring (bicyclic) bond motifs is 1. The van der Waals surface area contributed by atoms with E-state index in [0.717, 1.165) is 69.3 Å². The van der Waals surface area contributed by atoms with Gasteiger partial charge in [-0.05, 0) is 133 Å². The molecular formula is C57H64N2. The summed E-state index contributed by atoms with van der Waals surface area (Å²) in [6, 6.07) is 43.6. The van der Waals surface area contributed by atoms with Crippen molar-refractivity contribution in [2.45, 2.75) is 74.1 Å². The van der Waals surface area contributed by atoms with Crippen LogP contribution < -0.4 is 9.80 Å². The average Bonchev–Trinajstić information content (AvgIpc) is 3.28. The van der Waals surface area contributed by atoms with Gasteiger partial charge in [0, 0.05) is 34.0 Å². The lowest BCUT2D eigenvalue weighted by atomic mass is 9.71. The Kier molecular flexibility index (Phi) is 16.1. The fourth-order valence-corrected chi connectivity index (χ4v) is 7.57. The second-order valence-electron chi connectivity index (χ2n) is 15.5. The molecule has 1 aliphatic carbocycles. The van der Waals surface area contributed by atoms with Crippen LogP contribution in [0.1, 0.15) is 74.1 Å². The first-order chi connectivity index (χ1) is 28.7. The van der Waals surface area contributed by atoms with Crippen LogP contribution in [-0.4, -0.2) is 0 Å². The molecule has 6 rings (SSSR count). The number of nitrogens with zero attached hydrogens (tertiary/aromatic N) is 2. The summed E-state index contributed by atoms with van der Waals surface area (Å²) >= 11 is 0. The van der Waals surface area contributed by atoms with Crippen LogP contribution in [0.15, 0.2) is 218 Å². The highest BCUT2D eigenvalue weighted by Crippen LogP contribution is 2.42. The molecule has 0 saturated carbocycles. The fourth-order valence-electron chi connectivity index (χ4n) is 7.57. The van der Waals surface area contributed by atoms with E-state index in [9.17, 15) is 0 Å². The fraction of sp³-hybridized carbons (Fsp3) is 0.228. The first-order valence-electron chi connectivity index (χ1n) is 21.4. The van der Waals surface area contributed by atoms with Gasteiger partial charge in [0.15, 0.2) is 0 Å². The Morgan fingerprint density at radius 1 is 0.712 bits per heavy atom. The van der Waals surface area contributed by atoms with E-state index in [1.165, 1.54) is 23.6 Å². The maximum absolute atomic E-state index is 4.38. The van der Waals surface area contributed by atoms with Gasteiger partial charge in [0.1, 0.15) is 0 Å². The van der Waals surface area contributed by atoms with E-state index in [1.807, 2.05) is 12.2 Å². The topological polar surface area (TPSA) is 6.48 Å². The summed E-state index contributed by atoms with van der Waals surface area (Å²) in [7, 11) is 0. The molecule has 2 atom stereocenters. The van der Waals surface area contributed by atoms with E-state index in [4.69, 9.17) is 0 Å². The van der Waals surface area contributed by atoms with Gasteiger partial charge >= 0.3 is 0 Å². The van der Waals surface area contributed by atoms with Crippen LogP contribution >= 0.6 is 0 Å². The first-order valence-corrected chi connectivity index (χ1v) is 21.4. The van der Waals surface area contributed by atoms with Crippen LogP contribution in [0.3, 0.4) is 0 Å². The van der Waals surface area contributed by atoms with Crippen molar-refractivity contribution in [3.8, 4) is 11.1 Å². The molecule has 0 heterocycles. The minimum atomic E-state index is 0.112. The summed E-state index contributed by atoms with van der Waals surface area (Å²) in [6.07, 6.45) is 26.6. The smallest absolute Gasteiger partial charge is 0.0533 e. The highest BCUT2D eigenvalue weighted by molar-refractivity contribution is 5.89. The molecule has 0 radical (unpaired) electrons. The average molecular weight is 777 g/mol. The molecule has 2 nitrogen and oxygen atoms in total. The number of allylic oxidation sites excluding steroid dienone is 12. The quantitative estimate of drug-likeness (QED) is 0.0772. The Bertz CT molecular complexity index is 2330. The van der Waals surface area contributed by atoms with Crippen molar-refractivity contribution in [1.82, 2.24) is 0 Å². The molecule has 302 valence electrons. The van der Waals surface area contributed by atoms with Gasteiger partial charge in [-0.1, -0.05) is 175 Å². The number of hydrogen-bond acceptors (Lipinski definition) is 2. The van der Waals surface area contributed by atoms with Crippen LogP contribution in [0.2, 0.25) is 0 Å². The summed E-state index contributed by atoms with van der Waals surface area (Å²) < 4.78 is 0. The monoisotopic (exact) mass is 777 g/mol. The second kappa shape index (κ2) is 21.6. The van der Waals surface area contributed by atoms with Crippen molar-refractivity contribution in [2.24, 2.45) is 11.3 Å². The second-order valence-corrected chi connectivity index (χ2v) is 15.5. The van der Waals surface area contributed by atoms with Crippen molar-refractivity contribution >= 4 is 33.5 Å².